The average molecular weight is 415 g/mol. The summed E-state index contributed by atoms with van der Waals surface area (Å²) < 4.78 is 11.7. The van der Waals surface area contributed by atoms with Crippen molar-refractivity contribution in [3.05, 3.63) is 22.8 Å². The molecule has 1 aliphatic heterocycles. The van der Waals surface area contributed by atoms with Crippen LogP contribution in [-0.2, 0) is 0 Å². The van der Waals surface area contributed by atoms with Gasteiger partial charge in [0.15, 0.2) is 17.8 Å². The number of phenolic OH excluding ortho intramolecular Hbond substituents is 1. The number of aromatic hydroxyl groups is 1. The Morgan fingerprint density at radius 2 is 1.90 bits per heavy atom. The topological polar surface area (TPSA) is 55.8 Å². The minimum atomic E-state index is -0.849. The van der Waals surface area contributed by atoms with Crippen LogP contribution in [0.3, 0.4) is 0 Å². The Bertz CT molecular complexity index is 823. The third kappa shape index (κ3) is 4.10. The van der Waals surface area contributed by atoms with Crippen LogP contribution in [0.25, 0.3) is 6.08 Å². The first-order valence-corrected chi connectivity index (χ1v) is 11.6. The first-order valence-electron chi connectivity index (χ1n) is 11.6. The molecule has 1 heterocycles. The molecule has 0 radical (unpaired) electrons. The zero-order valence-corrected chi connectivity index (χ0v) is 19.5. The highest BCUT2D eigenvalue weighted by molar-refractivity contribution is 5.89. The van der Waals surface area contributed by atoms with Crippen molar-refractivity contribution in [3.63, 3.8) is 0 Å². The van der Waals surface area contributed by atoms with Crippen LogP contribution in [0.1, 0.15) is 102 Å². The number of hydrogen-bond donors (Lipinski definition) is 1. The molecule has 1 saturated carbocycles. The second kappa shape index (κ2) is 8.64. The van der Waals surface area contributed by atoms with E-state index < -0.39 is 5.79 Å². The Hall–Kier alpha value is -1.97. The van der Waals surface area contributed by atoms with Crippen LogP contribution in [0, 0.1) is 17.3 Å². The molecule has 3 atom stereocenters. The van der Waals surface area contributed by atoms with Crippen LogP contribution in [0.15, 0.2) is 11.6 Å². The second-order valence-corrected chi connectivity index (χ2v) is 9.83. The van der Waals surface area contributed by atoms with Crippen molar-refractivity contribution in [2.24, 2.45) is 17.3 Å². The molecule has 2 aliphatic rings. The Balaban J connectivity index is 2.10. The van der Waals surface area contributed by atoms with Crippen LogP contribution >= 0.6 is 0 Å². The van der Waals surface area contributed by atoms with Crippen molar-refractivity contribution in [1.29, 1.82) is 0 Å². The summed E-state index contributed by atoms with van der Waals surface area (Å²) in [5.41, 5.74) is 2.32. The molecule has 0 amide bonds. The van der Waals surface area contributed by atoms with E-state index in [4.69, 9.17) is 9.47 Å². The summed E-state index contributed by atoms with van der Waals surface area (Å²) in [5, 5.41) is 10.9. The van der Waals surface area contributed by atoms with E-state index in [0.717, 1.165) is 19.3 Å². The predicted molar refractivity (Wildman–Crippen MR) is 121 cm³/mol. The predicted octanol–water partition coefficient (Wildman–Crippen LogP) is 7.14. The SMILES string of the molecule is CCCCC[C@]1(C)/C(=C/c2cc3c(c(C=O)c2O)OC(C)(C)O3)[C@@H](C)CC[C@H]1CC. The molecule has 166 valence electrons. The highest BCUT2D eigenvalue weighted by Crippen LogP contribution is 2.54. The fourth-order valence-corrected chi connectivity index (χ4v) is 5.55. The number of hydrogen-bond acceptors (Lipinski definition) is 4. The average Bonchev–Trinajstić information content (AvgIpc) is 2.99. The number of carbonyl (C=O) groups excluding carboxylic acids is 1. The van der Waals surface area contributed by atoms with E-state index in [9.17, 15) is 9.90 Å². The third-order valence-electron chi connectivity index (χ3n) is 7.25. The summed E-state index contributed by atoms with van der Waals surface area (Å²) in [4.78, 5) is 11.8. The summed E-state index contributed by atoms with van der Waals surface area (Å²) in [6.07, 6.45) is 11.2. The molecule has 1 aromatic rings. The molecule has 30 heavy (non-hydrogen) atoms. The zero-order valence-electron chi connectivity index (χ0n) is 19.5. The first-order chi connectivity index (χ1) is 14.2. The summed E-state index contributed by atoms with van der Waals surface area (Å²) in [6.45, 7) is 12.8. The maximum Gasteiger partial charge on any atom is 0.246 e. The van der Waals surface area contributed by atoms with Crippen LogP contribution in [0.4, 0.5) is 0 Å². The number of ether oxygens (including phenoxy) is 2. The number of benzene rings is 1. The monoisotopic (exact) mass is 414 g/mol. The van der Waals surface area contributed by atoms with Crippen molar-refractivity contribution in [2.45, 2.75) is 92.3 Å². The summed E-state index contributed by atoms with van der Waals surface area (Å²) in [7, 11) is 0. The van der Waals surface area contributed by atoms with Crippen LogP contribution in [0.2, 0.25) is 0 Å². The number of allylic oxidation sites excluding steroid dienone is 1. The van der Waals surface area contributed by atoms with Gasteiger partial charge in [-0.2, -0.15) is 0 Å². The van der Waals surface area contributed by atoms with Crippen LogP contribution in [-0.4, -0.2) is 17.2 Å². The lowest BCUT2D eigenvalue weighted by Crippen LogP contribution is -2.36. The smallest absolute Gasteiger partial charge is 0.246 e. The van der Waals surface area contributed by atoms with E-state index in [1.807, 2.05) is 6.07 Å². The number of rotatable bonds is 7. The van der Waals surface area contributed by atoms with E-state index in [1.54, 1.807) is 13.8 Å². The number of unbranched alkanes of at least 4 members (excludes halogenated alkanes) is 2. The van der Waals surface area contributed by atoms with Crippen LogP contribution < -0.4 is 9.47 Å². The number of carbonyl (C=O) groups is 1. The van der Waals surface area contributed by atoms with Gasteiger partial charge < -0.3 is 14.6 Å². The highest BCUT2D eigenvalue weighted by Gasteiger charge is 2.42. The molecule has 0 saturated heterocycles. The van der Waals surface area contributed by atoms with E-state index in [2.05, 4.69) is 33.8 Å². The number of phenols is 1. The van der Waals surface area contributed by atoms with Gasteiger partial charge in [-0.3, -0.25) is 4.79 Å². The first kappa shape index (κ1) is 22.7. The molecule has 1 aromatic carbocycles. The molecule has 0 aromatic heterocycles. The lowest BCUT2D eigenvalue weighted by Gasteiger charge is -2.47. The van der Waals surface area contributed by atoms with Gasteiger partial charge in [-0.1, -0.05) is 65.0 Å². The minimum absolute atomic E-state index is 0.0146. The van der Waals surface area contributed by atoms with E-state index >= 15 is 0 Å². The van der Waals surface area contributed by atoms with Gasteiger partial charge >= 0.3 is 0 Å². The molecule has 1 N–H and O–H groups in total. The molecule has 0 bridgehead atoms. The molecule has 0 spiro atoms. The van der Waals surface area contributed by atoms with Gasteiger partial charge in [-0.25, -0.2) is 0 Å². The van der Waals surface area contributed by atoms with Crippen molar-refractivity contribution in [1.82, 2.24) is 0 Å². The Kier molecular flexibility index (Phi) is 6.54. The minimum Gasteiger partial charge on any atom is -0.506 e. The van der Waals surface area contributed by atoms with Gasteiger partial charge in [0.1, 0.15) is 11.3 Å². The van der Waals surface area contributed by atoms with Gasteiger partial charge in [0.25, 0.3) is 0 Å². The Morgan fingerprint density at radius 1 is 1.17 bits per heavy atom. The molecule has 0 unspecified atom stereocenters. The summed E-state index contributed by atoms with van der Waals surface area (Å²) in [6, 6.07) is 1.83. The molecular formula is C26H38O4. The van der Waals surface area contributed by atoms with Gasteiger partial charge in [-0.05, 0) is 42.6 Å². The van der Waals surface area contributed by atoms with Gasteiger partial charge in [0, 0.05) is 19.4 Å². The molecule has 4 heteroatoms. The van der Waals surface area contributed by atoms with E-state index in [-0.39, 0.29) is 16.7 Å². The maximum absolute atomic E-state index is 11.8. The lowest BCUT2D eigenvalue weighted by molar-refractivity contribution is -0.0433. The molecule has 4 nitrogen and oxygen atoms in total. The lowest BCUT2D eigenvalue weighted by atomic mass is 9.58. The fourth-order valence-electron chi connectivity index (χ4n) is 5.55. The van der Waals surface area contributed by atoms with Crippen LogP contribution in [0.5, 0.6) is 17.2 Å². The Labute approximate surface area is 181 Å². The van der Waals surface area contributed by atoms with Crippen molar-refractivity contribution < 1.29 is 19.4 Å². The highest BCUT2D eigenvalue weighted by atomic mass is 16.7. The zero-order chi connectivity index (χ0) is 22.1. The Morgan fingerprint density at radius 3 is 2.53 bits per heavy atom. The molecule has 1 fully saturated rings. The van der Waals surface area contributed by atoms with Gasteiger partial charge in [-0.15, -0.1) is 0 Å². The summed E-state index contributed by atoms with van der Waals surface area (Å²) >= 11 is 0. The fraction of sp³-hybridized carbons (Fsp3) is 0.654. The quantitative estimate of drug-likeness (QED) is 0.380. The number of fused-ring (bicyclic) bond motifs is 1. The maximum atomic E-state index is 11.8. The molecular weight excluding hydrogens is 376 g/mol. The van der Waals surface area contributed by atoms with Crippen molar-refractivity contribution in [2.75, 3.05) is 0 Å². The van der Waals surface area contributed by atoms with Gasteiger partial charge in [0.05, 0.1) is 0 Å². The van der Waals surface area contributed by atoms with Gasteiger partial charge in [0.2, 0.25) is 5.79 Å². The largest absolute Gasteiger partial charge is 0.506 e. The second-order valence-electron chi connectivity index (χ2n) is 9.83. The molecule has 3 rings (SSSR count). The normalized spacial score (nSPS) is 28.7. The van der Waals surface area contributed by atoms with Crippen molar-refractivity contribution in [3.8, 4) is 17.2 Å². The van der Waals surface area contributed by atoms with Crippen molar-refractivity contribution >= 4 is 12.4 Å². The third-order valence-corrected chi connectivity index (χ3v) is 7.25. The molecule has 1 aliphatic carbocycles. The number of aldehydes is 1. The summed E-state index contributed by atoms with van der Waals surface area (Å²) in [5.74, 6) is 1.08. The standard InChI is InChI=1S/C26H38O4/c1-7-9-10-13-26(6)19(8-2)12-11-17(3)21(26)14-18-15-22-24(20(16-27)23(18)28)30-25(4,5)29-22/h14-17,19,28H,7-13H2,1-6H3/b21-14+/t17-,19+,26-/m0/s1. The van der Waals surface area contributed by atoms with E-state index in [1.165, 1.54) is 31.3 Å². The van der Waals surface area contributed by atoms with E-state index in [0.29, 0.717) is 35.2 Å².